The summed E-state index contributed by atoms with van der Waals surface area (Å²) in [6, 6.07) is 16.3. The largest absolute Gasteiger partial charge is 0.497 e. The van der Waals surface area contributed by atoms with E-state index in [9.17, 15) is 4.79 Å². The van der Waals surface area contributed by atoms with Crippen LogP contribution < -0.4 is 10.1 Å². The van der Waals surface area contributed by atoms with E-state index in [-0.39, 0.29) is 11.3 Å². The average Bonchev–Trinajstić information content (AvgIpc) is 2.99. The van der Waals surface area contributed by atoms with Crippen LogP contribution in [0.25, 0.3) is 0 Å². The number of nitrogens with zero attached hydrogens (tertiary/aromatic N) is 1. The van der Waals surface area contributed by atoms with Crippen LogP contribution in [-0.2, 0) is 17.8 Å². The summed E-state index contributed by atoms with van der Waals surface area (Å²) in [5.41, 5.74) is 3.16. The molecule has 4 nitrogen and oxygen atoms in total. The van der Waals surface area contributed by atoms with Crippen LogP contribution in [0.5, 0.6) is 5.75 Å². The lowest BCUT2D eigenvalue weighted by atomic mass is 9.77. The Morgan fingerprint density at radius 2 is 2.08 bits per heavy atom. The van der Waals surface area contributed by atoms with Crippen molar-refractivity contribution in [3.8, 4) is 5.75 Å². The predicted molar refractivity (Wildman–Crippen MR) is 94.1 cm³/mol. The van der Waals surface area contributed by atoms with E-state index in [0.717, 1.165) is 43.9 Å². The summed E-state index contributed by atoms with van der Waals surface area (Å²) in [7, 11) is 1.69. The molecular formula is C20H22N2O2. The molecule has 1 fully saturated rings. The van der Waals surface area contributed by atoms with Crippen LogP contribution in [0.15, 0.2) is 48.5 Å². The van der Waals surface area contributed by atoms with E-state index < -0.39 is 0 Å². The summed E-state index contributed by atoms with van der Waals surface area (Å²) in [5, 5.41) is 3.11. The first kappa shape index (κ1) is 15.2. The fraction of sp³-hybridized carbons (Fsp3) is 0.350. The van der Waals surface area contributed by atoms with E-state index in [1.54, 1.807) is 7.11 Å². The molecule has 2 aliphatic rings. The van der Waals surface area contributed by atoms with Crippen molar-refractivity contribution in [1.29, 1.82) is 0 Å². The highest BCUT2D eigenvalue weighted by Crippen LogP contribution is 2.41. The number of anilines is 1. The number of rotatable bonds is 3. The van der Waals surface area contributed by atoms with Crippen LogP contribution in [0.3, 0.4) is 0 Å². The first-order valence-corrected chi connectivity index (χ1v) is 8.43. The maximum Gasteiger partial charge on any atom is 0.232 e. The molecule has 1 unspecified atom stereocenters. The highest BCUT2D eigenvalue weighted by Gasteiger charge is 2.46. The SMILES string of the molecule is COc1cccc(CN2CCC3(Cc4ccccc4NC3=O)C2)c1. The summed E-state index contributed by atoms with van der Waals surface area (Å²) in [6.45, 7) is 2.62. The minimum atomic E-state index is -0.285. The molecule has 2 aromatic carbocycles. The highest BCUT2D eigenvalue weighted by atomic mass is 16.5. The number of carbonyl (C=O) groups is 1. The Bertz CT molecular complexity index is 774. The second-order valence-electron chi connectivity index (χ2n) is 6.88. The van der Waals surface area contributed by atoms with Crippen molar-refractivity contribution >= 4 is 11.6 Å². The number of para-hydroxylation sites is 1. The Morgan fingerprint density at radius 1 is 1.21 bits per heavy atom. The molecule has 4 heteroatoms. The second kappa shape index (κ2) is 5.95. The summed E-state index contributed by atoms with van der Waals surface area (Å²) in [4.78, 5) is 15.1. The molecule has 2 aromatic rings. The summed E-state index contributed by atoms with van der Waals surface area (Å²) < 4.78 is 5.30. The van der Waals surface area contributed by atoms with Crippen molar-refractivity contribution in [3.05, 3.63) is 59.7 Å². The van der Waals surface area contributed by atoms with Gasteiger partial charge in [-0.05, 0) is 48.7 Å². The lowest BCUT2D eigenvalue weighted by molar-refractivity contribution is -0.125. The van der Waals surface area contributed by atoms with Gasteiger partial charge in [-0.15, -0.1) is 0 Å². The highest BCUT2D eigenvalue weighted by molar-refractivity contribution is 5.98. The van der Waals surface area contributed by atoms with Crippen LogP contribution in [0, 0.1) is 5.41 Å². The Balaban J connectivity index is 1.50. The van der Waals surface area contributed by atoms with Gasteiger partial charge in [-0.2, -0.15) is 0 Å². The van der Waals surface area contributed by atoms with Crippen molar-refractivity contribution in [3.63, 3.8) is 0 Å². The minimum Gasteiger partial charge on any atom is -0.497 e. The normalized spacial score (nSPS) is 23.1. The number of carbonyl (C=O) groups excluding carboxylic acids is 1. The van der Waals surface area contributed by atoms with Gasteiger partial charge in [0.25, 0.3) is 0 Å². The molecule has 1 saturated heterocycles. The minimum absolute atomic E-state index is 0.175. The third-order valence-corrected chi connectivity index (χ3v) is 5.25. The fourth-order valence-electron chi connectivity index (χ4n) is 3.95. The molecular weight excluding hydrogens is 300 g/mol. The number of hydrogen-bond acceptors (Lipinski definition) is 3. The van der Waals surface area contributed by atoms with E-state index in [1.807, 2.05) is 30.3 Å². The monoisotopic (exact) mass is 322 g/mol. The molecule has 1 spiro atoms. The molecule has 2 aliphatic heterocycles. The van der Waals surface area contributed by atoms with Gasteiger partial charge in [-0.1, -0.05) is 30.3 Å². The molecule has 1 N–H and O–H groups in total. The number of benzene rings is 2. The quantitative estimate of drug-likeness (QED) is 0.944. The van der Waals surface area contributed by atoms with E-state index in [1.165, 1.54) is 11.1 Å². The smallest absolute Gasteiger partial charge is 0.232 e. The number of hydrogen-bond donors (Lipinski definition) is 1. The van der Waals surface area contributed by atoms with E-state index in [0.29, 0.717) is 0 Å². The topological polar surface area (TPSA) is 41.6 Å². The first-order valence-electron chi connectivity index (χ1n) is 8.43. The average molecular weight is 322 g/mol. The Hall–Kier alpha value is -2.33. The van der Waals surface area contributed by atoms with Crippen molar-refractivity contribution in [2.45, 2.75) is 19.4 Å². The van der Waals surface area contributed by atoms with Crippen LogP contribution >= 0.6 is 0 Å². The van der Waals surface area contributed by atoms with Gasteiger partial charge in [0, 0.05) is 18.8 Å². The Labute approximate surface area is 142 Å². The van der Waals surface area contributed by atoms with Crippen LogP contribution in [0.1, 0.15) is 17.5 Å². The maximum atomic E-state index is 12.7. The van der Waals surface area contributed by atoms with Crippen LogP contribution in [0.2, 0.25) is 0 Å². The summed E-state index contributed by atoms with van der Waals surface area (Å²) >= 11 is 0. The number of amides is 1. The van der Waals surface area contributed by atoms with Gasteiger partial charge in [-0.3, -0.25) is 9.69 Å². The van der Waals surface area contributed by atoms with Crippen LogP contribution in [0.4, 0.5) is 5.69 Å². The van der Waals surface area contributed by atoms with Gasteiger partial charge in [-0.25, -0.2) is 0 Å². The molecule has 0 aromatic heterocycles. The van der Waals surface area contributed by atoms with E-state index in [4.69, 9.17) is 4.74 Å². The fourth-order valence-corrected chi connectivity index (χ4v) is 3.95. The maximum absolute atomic E-state index is 12.7. The molecule has 0 aliphatic carbocycles. The number of nitrogens with one attached hydrogen (secondary N) is 1. The van der Waals surface area contributed by atoms with Crippen molar-refractivity contribution in [1.82, 2.24) is 4.90 Å². The standard InChI is InChI=1S/C20H22N2O2/c1-24-17-7-4-5-15(11-17)13-22-10-9-20(14-22)12-16-6-2-3-8-18(16)21-19(20)23/h2-8,11H,9-10,12-14H2,1H3,(H,21,23). The van der Waals surface area contributed by atoms with Crippen LogP contribution in [-0.4, -0.2) is 31.0 Å². The second-order valence-corrected chi connectivity index (χ2v) is 6.88. The molecule has 0 saturated carbocycles. The number of ether oxygens (including phenoxy) is 1. The lowest BCUT2D eigenvalue weighted by Crippen LogP contribution is -2.43. The predicted octanol–water partition coefficient (Wildman–Crippen LogP) is 3.08. The van der Waals surface area contributed by atoms with Crippen molar-refractivity contribution < 1.29 is 9.53 Å². The molecule has 2 heterocycles. The zero-order valence-corrected chi connectivity index (χ0v) is 13.9. The van der Waals surface area contributed by atoms with Gasteiger partial charge < -0.3 is 10.1 Å². The number of likely N-dealkylation sites (tertiary alicyclic amines) is 1. The number of methoxy groups -OCH3 is 1. The van der Waals surface area contributed by atoms with Gasteiger partial charge in [0.15, 0.2) is 0 Å². The molecule has 4 rings (SSSR count). The first-order chi connectivity index (χ1) is 11.7. The Kier molecular flexibility index (Phi) is 3.77. The molecule has 0 bridgehead atoms. The zero-order chi connectivity index (χ0) is 16.6. The molecule has 1 amide bonds. The summed E-state index contributed by atoms with van der Waals surface area (Å²) in [5.74, 6) is 1.06. The molecule has 1 atom stereocenters. The van der Waals surface area contributed by atoms with Crippen molar-refractivity contribution in [2.24, 2.45) is 5.41 Å². The lowest BCUT2D eigenvalue weighted by Gasteiger charge is -2.33. The number of fused-ring (bicyclic) bond motifs is 1. The summed E-state index contributed by atoms with van der Waals surface area (Å²) in [6.07, 6.45) is 1.75. The zero-order valence-electron chi connectivity index (χ0n) is 13.9. The van der Waals surface area contributed by atoms with Gasteiger partial charge in [0.2, 0.25) is 5.91 Å². The molecule has 124 valence electrons. The van der Waals surface area contributed by atoms with Gasteiger partial charge in [0.05, 0.1) is 12.5 Å². The van der Waals surface area contributed by atoms with E-state index in [2.05, 4.69) is 28.4 Å². The third kappa shape index (κ3) is 2.67. The van der Waals surface area contributed by atoms with E-state index >= 15 is 0 Å². The Morgan fingerprint density at radius 3 is 2.96 bits per heavy atom. The molecule has 24 heavy (non-hydrogen) atoms. The van der Waals surface area contributed by atoms with Gasteiger partial charge in [0.1, 0.15) is 5.75 Å². The van der Waals surface area contributed by atoms with Crippen molar-refractivity contribution in [2.75, 3.05) is 25.5 Å². The molecule has 0 radical (unpaired) electrons. The third-order valence-electron chi connectivity index (χ3n) is 5.25. The van der Waals surface area contributed by atoms with Gasteiger partial charge >= 0.3 is 0 Å².